The van der Waals surface area contributed by atoms with Crippen LogP contribution < -0.4 is 15.2 Å². The van der Waals surface area contributed by atoms with Crippen molar-refractivity contribution in [3.05, 3.63) is 42.1 Å². The predicted octanol–water partition coefficient (Wildman–Crippen LogP) is 4.21. The predicted molar refractivity (Wildman–Crippen MR) is 98.5 cm³/mol. The maximum absolute atomic E-state index is 6.07. The molecule has 0 unspecified atom stereocenters. The summed E-state index contributed by atoms with van der Waals surface area (Å²) in [5.41, 5.74) is 9.22. The van der Waals surface area contributed by atoms with Gasteiger partial charge in [-0.2, -0.15) is 0 Å². The Bertz CT molecular complexity index is 678. The SMILES string of the molecule is COc1cc(-c2ccc(OC[C@@H](C)CC(C)(C)N)c(C)c2)ccn1. The lowest BCUT2D eigenvalue weighted by molar-refractivity contribution is 0.228. The number of benzene rings is 1. The summed E-state index contributed by atoms with van der Waals surface area (Å²) >= 11 is 0. The second-order valence-electron chi connectivity index (χ2n) is 7.18. The highest BCUT2D eigenvalue weighted by Gasteiger charge is 2.16. The zero-order valence-electron chi connectivity index (χ0n) is 15.3. The number of hydrogen-bond donors (Lipinski definition) is 1. The summed E-state index contributed by atoms with van der Waals surface area (Å²) in [5, 5.41) is 0. The molecule has 0 aliphatic heterocycles. The normalized spacial score (nSPS) is 12.8. The van der Waals surface area contributed by atoms with Crippen molar-refractivity contribution in [3.8, 4) is 22.8 Å². The van der Waals surface area contributed by atoms with Crippen LogP contribution in [0, 0.1) is 12.8 Å². The van der Waals surface area contributed by atoms with E-state index in [9.17, 15) is 0 Å². The van der Waals surface area contributed by atoms with Crippen LogP contribution in [0.15, 0.2) is 36.5 Å². The van der Waals surface area contributed by atoms with Crippen LogP contribution in [0.2, 0.25) is 0 Å². The van der Waals surface area contributed by atoms with Crippen LogP contribution in [-0.2, 0) is 0 Å². The molecule has 4 nitrogen and oxygen atoms in total. The first-order valence-electron chi connectivity index (χ1n) is 8.31. The zero-order valence-corrected chi connectivity index (χ0v) is 15.3. The number of nitrogens with two attached hydrogens (primary N) is 1. The van der Waals surface area contributed by atoms with Crippen molar-refractivity contribution in [2.24, 2.45) is 11.7 Å². The van der Waals surface area contributed by atoms with E-state index < -0.39 is 0 Å². The molecular weight excluding hydrogens is 300 g/mol. The molecule has 0 saturated carbocycles. The molecule has 2 aromatic rings. The van der Waals surface area contributed by atoms with Gasteiger partial charge in [0.15, 0.2) is 0 Å². The van der Waals surface area contributed by atoms with E-state index in [0.29, 0.717) is 18.4 Å². The number of methoxy groups -OCH3 is 1. The van der Waals surface area contributed by atoms with E-state index in [0.717, 1.165) is 28.9 Å². The molecular formula is C20H28N2O2. The summed E-state index contributed by atoms with van der Waals surface area (Å²) in [5.74, 6) is 1.94. The number of hydrogen-bond acceptors (Lipinski definition) is 4. The molecule has 2 rings (SSSR count). The van der Waals surface area contributed by atoms with Crippen molar-refractivity contribution in [2.75, 3.05) is 13.7 Å². The molecule has 1 aromatic carbocycles. The summed E-state index contributed by atoms with van der Waals surface area (Å²) in [7, 11) is 1.62. The number of nitrogens with zero attached hydrogens (tertiary/aromatic N) is 1. The van der Waals surface area contributed by atoms with Crippen LogP contribution in [0.3, 0.4) is 0 Å². The minimum Gasteiger partial charge on any atom is -0.493 e. The Hall–Kier alpha value is -2.07. The molecule has 1 atom stereocenters. The van der Waals surface area contributed by atoms with Gasteiger partial charge in [-0.05, 0) is 68.0 Å². The van der Waals surface area contributed by atoms with Crippen molar-refractivity contribution >= 4 is 0 Å². The average molecular weight is 328 g/mol. The largest absolute Gasteiger partial charge is 0.493 e. The number of pyridine rings is 1. The van der Waals surface area contributed by atoms with E-state index in [-0.39, 0.29) is 5.54 Å². The smallest absolute Gasteiger partial charge is 0.213 e. The van der Waals surface area contributed by atoms with Gasteiger partial charge in [0, 0.05) is 17.8 Å². The monoisotopic (exact) mass is 328 g/mol. The molecule has 0 aliphatic carbocycles. The fourth-order valence-electron chi connectivity index (χ4n) is 2.88. The second-order valence-corrected chi connectivity index (χ2v) is 7.18. The van der Waals surface area contributed by atoms with E-state index in [2.05, 4.69) is 31.0 Å². The van der Waals surface area contributed by atoms with Crippen molar-refractivity contribution in [3.63, 3.8) is 0 Å². The van der Waals surface area contributed by atoms with Crippen LogP contribution in [-0.4, -0.2) is 24.2 Å². The first kappa shape index (κ1) is 18.3. The molecule has 0 spiro atoms. The lowest BCUT2D eigenvalue weighted by Gasteiger charge is -2.23. The number of aryl methyl sites for hydroxylation is 1. The lowest BCUT2D eigenvalue weighted by atomic mass is 9.93. The molecule has 4 heteroatoms. The third-order valence-corrected chi connectivity index (χ3v) is 3.85. The minimum absolute atomic E-state index is 0.165. The Morgan fingerprint density at radius 1 is 1.17 bits per heavy atom. The number of ether oxygens (including phenoxy) is 2. The van der Waals surface area contributed by atoms with Gasteiger partial charge in [-0.25, -0.2) is 4.98 Å². The van der Waals surface area contributed by atoms with Crippen molar-refractivity contribution < 1.29 is 9.47 Å². The lowest BCUT2D eigenvalue weighted by Crippen LogP contribution is -2.35. The molecule has 130 valence electrons. The highest BCUT2D eigenvalue weighted by molar-refractivity contribution is 5.66. The molecule has 24 heavy (non-hydrogen) atoms. The van der Waals surface area contributed by atoms with Gasteiger partial charge in [0.05, 0.1) is 13.7 Å². The van der Waals surface area contributed by atoms with Gasteiger partial charge in [-0.3, -0.25) is 0 Å². The van der Waals surface area contributed by atoms with Gasteiger partial charge in [0.25, 0.3) is 0 Å². The maximum Gasteiger partial charge on any atom is 0.213 e. The third kappa shape index (κ3) is 5.24. The van der Waals surface area contributed by atoms with Crippen LogP contribution >= 0.6 is 0 Å². The Balaban J connectivity index is 2.07. The number of aromatic nitrogens is 1. The third-order valence-electron chi connectivity index (χ3n) is 3.85. The molecule has 2 N–H and O–H groups in total. The second kappa shape index (κ2) is 7.67. The van der Waals surface area contributed by atoms with E-state index in [1.54, 1.807) is 13.3 Å². The minimum atomic E-state index is -0.165. The van der Waals surface area contributed by atoms with E-state index in [1.165, 1.54) is 0 Å². The Morgan fingerprint density at radius 3 is 2.50 bits per heavy atom. The molecule has 0 bridgehead atoms. The summed E-state index contributed by atoms with van der Waals surface area (Å²) < 4.78 is 11.2. The summed E-state index contributed by atoms with van der Waals surface area (Å²) in [6.45, 7) is 9.00. The van der Waals surface area contributed by atoms with Crippen LogP contribution in [0.4, 0.5) is 0 Å². The van der Waals surface area contributed by atoms with Crippen molar-refractivity contribution in [1.82, 2.24) is 4.98 Å². The Labute approximate surface area is 145 Å². The molecule has 0 radical (unpaired) electrons. The Kier molecular flexibility index (Phi) is 5.84. The van der Waals surface area contributed by atoms with Crippen molar-refractivity contribution in [2.45, 2.75) is 39.7 Å². The summed E-state index contributed by atoms with van der Waals surface area (Å²) in [6.07, 6.45) is 2.69. The topological polar surface area (TPSA) is 57.4 Å². The van der Waals surface area contributed by atoms with Gasteiger partial charge >= 0.3 is 0 Å². The van der Waals surface area contributed by atoms with Crippen molar-refractivity contribution in [1.29, 1.82) is 0 Å². The quantitative estimate of drug-likeness (QED) is 0.827. The fraction of sp³-hybridized carbons (Fsp3) is 0.450. The standard InChI is InChI=1S/C20H28N2O2/c1-14(12-20(3,4)21)13-24-18-7-6-16(10-15(18)2)17-8-9-22-19(11-17)23-5/h6-11,14H,12-13,21H2,1-5H3/t14-/m0/s1. The van der Waals surface area contributed by atoms with E-state index in [1.807, 2.05) is 32.0 Å². The maximum atomic E-state index is 6.07. The number of rotatable bonds is 7. The molecule has 0 aliphatic rings. The fourth-order valence-corrected chi connectivity index (χ4v) is 2.88. The van der Waals surface area contributed by atoms with Gasteiger partial charge in [0.2, 0.25) is 5.88 Å². The first-order chi connectivity index (χ1) is 11.3. The zero-order chi connectivity index (χ0) is 17.7. The van der Waals surface area contributed by atoms with E-state index in [4.69, 9.17) is 15.2 Å². The van der Waals surface area contributed by atoms with Gasteiger partial charge in [-0.15, -0.1) is 0 Å². The van der Waals surface area contributed by atoms with Crippen LogP contribution in [0.1, 0.15) is 32.8 Å². The molecule has 0 saturated heterocycles. The van der Waals surface area contributed by atoms with Crippen LogP contribution in [0.25, 0.3) is 11.1 Å². The van der Waals surface area contributed by atoms with Crippen LogP contribution in [0.5, 0.6) is 11.6 Å². The van der Waals surface area contributed by atoms with Gasteiger partial charge in [-0.1, -0.05) is 13.0 Å². The summed E-state index contributed by atoms with van der Waals surface area (Å²) in [6, 6.07) is 10.1. The highest BCUT2D eigenvalue weighted by atomic mass is 16.5. The molecule has 0 fully saturated rings. The van der Waals surface area contributed by atoms with Gasteiger partial charge in [0.1, 0.15) is 5.75 Å². The van der Waals surface area contributed by atoms with E-state index >= 15 is 0 Å². The van der Waals surface area contributed by atoms with Gasteiger partial charge < -0.3 is 15.2 Å². The average Bonchev–Trinajstić information content (AvgIpc) is 2.52. The highest BCUT2D eigenvalue weighted by Crippen LogP contribution is 2.28. The Morgan fingerprint density at radius 2 is 1.88 bits per heavy atom. The first-order valence-corrected chi connectivity index (χ1v) is 8.31. The molecule has 0 amide bonds. The molecule has 1 heterocycles. The molecule has 1 aromatic heterocycles. The summed E-state index contributed by atoms with van der Waals surface area (Å²) in [4.78, 5) is 4.14.